The normalized spacial score (nSPS) is 15.1. The van der Waals surface area contributed by atoms with Crippen molar-refractivity contribution in [2.75, 3.05) is 11.9 Å². The van der Waals surface area contributed by atoms with Crippen molar-refractivity contribution in [2.45, 2.75) is 32.9 Å². The molecule has 0 saturated carbocycles. The number of nitrogens with one attached hydrogen (secondary N) is 2. The number of hydrogen-bond donors (Lipinski definition) is 2. The van der Waals surface area contributed by atoms with Gasteiger partial charge in [0, 0.05) is 29.9 Å². The van der Waals surface area contributed by atoms with Crippen LogP contribution in [0.5, 0.6) is 0 Å². The van der Waals surface area contributed by atoms with Crippen LogP contribution >= 0.6 is 11.3 Å². The van der Waals surface area contributed by atoms with Gasteiger partial charge in [-0.2, -0.15) is 0 Å². The molecule has 1 unspecified atom stereocenters. The third-order valence-corrected chi connectivity index (χ3v) is 4.64. The van der Waals surface area contributed by atoms with Gasteiger partial charge in [0.05, 0.1) is 6.04 Å². The fraction of sp³-hybridized carbons (Fsp3) is 0.400. The lowest BCUT2D eigenvalue weighted by Gasteiger charge is -2.14. The van der Waals surface area contributed by atoms with Crippen molar-refractivity contribution in [1.82, 2.24) is 10.3 Å². The van der Waals surface area contributed by atoms with Gasteiger partial charge < -0.3 is 10.6 Å². The van der Waals surface area contributed by atoms with Gasteiger partial charge in [-0.1, -0.05) is 18.2 Å². The van der Waals surface area contributed by atoms with Crippen LogP contribution in [0.2, 0.25) is 0 Å². The second-order valence-electron chi connectivity index (χ2n) is 5.04. The third kappa shape index (κ3) is 2.65. The molecule has 3 rings (SSSR count). The number of thiazole rings is 1. The zero-order chi connectivity index (χ0) is 13.2. The van der Waals surface area contributed by atoms with Gasteiger partial charge in [-0.05, 0) is 31.4 Å². The average Bonchev–Trinajstić information content (AvgIpc) is 3.04. The maximum Gasteiger partial charge on any atom is 0.109 e. The van der Waals surface area contributed by atoms with Crippen molar-refractivity contribution in [3.05, 3.63) is 45.4 Å². The first-order valence-corrected chi connectivity index (χ1v) is 7.56. The Morgan fingerprint density at radius 2 is 2.37 bits per heavy atom. The van der Waals surface area contributed by atoms with Crippen LogP contribution in [0.3, 0.4) is 0 Å². The molecule has 0 fully saturated rings. The van der Waals surface area contributed by atoms with E-state index in [0.29, 0.717) is 6.04 Å². The monoisotopic (exact) mass is 273 g/mol. The zero-order valence-electron chi connectivity index (χ0n) is 11.4. The molecule has 0 spiro atoms. The number of hydrogen-bond acceptors (Lipinski definition) is 4. The number of para-hydroxylation sites is 1. The Kier molecular flexibility index (Phi) is 3.53. The maximum atomic E-state index is 4.44. The van der Waals surface area contributed by atoms with Crippen LogP contribution in [0, 0.1) is 6.92 Å². The summed E-state index contributed by atoms with van der Waals surface area (Å²) < 4.78 is 0. The molecule has 4 heteroatoms. The van der Waals surface area contributed by atoms with Gasteiger partial charge in [0.25, 0.3) is 0 Å². The third-order valence-electron chi connectivity index (χ3n) is 3.54. The standard InChI is InChI=1S/C15H19N3S/c1-10-8-18-15(19-10)11(2)17-9-13-5-3-4-12-6-7-16-14(12)13/h3-5,8,11,16-17H,6-7,9H2,1-2H3. The minimum atomic E-state index is 0.302. The van der Waals surface area contributed by atoms with Gasteiger partial charge in [-0.3, -0.25) is 0 Å². The Bertz CT molecular complexity index is 577. The molecule has 1 aromatic heterocycles. The molecule has 2 aromatic rings. The van der Waals surface area contributed by atoms with Crippen molar-refractivity contribution in [1.29, 1.82) is 0 Å². The molecule has 3 nitrogen and oxygen atoms in total. The highest BCUT2D eigenvalue weighted by Crippen LogP contribution is 2.27. The van der Waals surface area contributed by atoms with Crippen LogP contribution in [-0.4, -0.2) is 11.5 Å². The molecular formula is C15H19N3S. The van der Waals surface area contributed by atoms with Crippen LogP contribution in [0.15, 0.2) is 24.4 Å². The van der Waals surface area contributed by atoms with E-state index < -0.39 is 0 Å². The number of anilines is 1. The van der Waals surface area contributed by atoms with Crippen molar-refractivity contribution >= 4 is 17.0 Å². The van der Waals surface area contributed by atoms with Gasteiger partial charge in [0.2, 0.25) is 0 Å². The number of fused-ring (bicyclic) bond motifs is 1. The first kappa shape index (κ1) is 12.6. The van der Waals surface area contributed by atoms with Gasteiger partial charge in [-0.25, -0.2) is 4.98 Å². The van der Waals surface area contributed by atoms with Crippen LogP contribution in [0.1, 0.15) is 34.0 Å². The molecule has 2 N–H and O–H groups in total. The second kappa shape index (κ2) is 5.31. The smallest absolute Gasteiger partial charge is 0.109 e. The van der Waals surface area contributed by atoms with E-state index >= 15 is 0 Å². The summed E-state index contributed by atoms with van der Waals surface area (Å²) in [5.74, 6) is 0. The molecule has 1 aliphatic rings. The van der Waals surface area contributed by atoms with Crippen molar-refractivity contribution < 1.29 is 0 Å². The summed E-state index contributed by atoms with van der Waals surface area (Å²) in [6.45, 7) is 6.22. The minimum Gasteiger partial charge on any atom is -0.384 e. The number of aryl methyl sites for hydroxylation is 1. The second-order valence-corrected chi connectivity index (χ2v) is 6.31. The molecule has 1 aliphatic heterocycles. The molecule has 1 aromatic carbocycles. The first-order chi connectivity index (χ1) is 9.24. The largest absolute Gasteiger partial charge is 0.384 e. The topological polar surface area (TPSA) is 37.0 Å². The highest BCUT2D eigenvalue weighted by atomic mass is 32.1. The lowest BCUT2D eigenvalue weighted by molar-refractivity contribution is 0.572. The maximum absolute atomic E-state index is 4.44. The summed E-state index contributed by atoms with van der Waals surface area (Å²) in [6, 6.07) is 6.87. The molecule has 0 aliphatic carbocycles. The summed E-state index contributed by atoms with van der Waals surface area (Å²) in [7, 11) is 0. The van der Waals surface area contributed by atoms with Crippen LogP contribution in [0.4, 0.5) is 5.69 Å². The van der Waals surface area contributed by atoms with E-state index in [2.05, 4.69) is 47.7 Å². The summed E-state index contributed by atoms with van der Waals surface area (Å²) >= 11 is 1.77. The quantitative estimate of drug-likeness (QED) is 0.897. The van der Waals surface area contributed by atoms with E-state index in [-0.39, 0.29) is 0 Å². The van der Waals surface area contributed by atoms with Gasteiger partial charge in [0.15, 0.2) is 0 Å². The van der Waals surface area contributed by atoms with E-state index in [9.17, 15) is 0 Å². The van der Waals surface area contributed by atoms with Crippen LogP contribution in [0.25, 0.3) is 0 Å². The Labute approximate surface area is 118 Å². The summed E-state index contributed by atoms with van der Waals surface area (Å²) in [5, 5.41) is 8.21. The van der Waals surface area contributed by atoms with Crippen LogP contribution in [-0.2, 0) is 13.0 Å². The summed E-state index contributed by atoms with van der Waals surface area (Å²) in [6.07, 6.45) is 3.09. The lowest BCUT2D eigenvalue weighted by atomic mass is 10.1. The Morgan fingerprint density at radius 1 is 1.47 bits per heavy atom. The molecule has 0 bridgehead atoms. The molecule has 2 heterocycles. The average molecular weight is 273 g/mol. The van der Waals surface area contributed by atoms with Gasteiger partial charge in [-0.15, -0.1) is 11.3 Å². The molecule has 1 atom stereocenters. The van der Waals surface area contributed by atoms with Crippen molar-refractivity contribution in [2.24, 2.45) is 0 Å². The number of rotatable bonds is 4. The van der Waals surface area contributed by atoms with Crippen molar-refractivity contribution in [3.63, 3.8) is 0 Å². The highest BCUT2D eigenvalue weighted by molar-refractivity contribution is 7.11. The number of nitrogens with zero attached hydrogens (tertiary/aromatic N) is 1. The minimum absolute atomic E-state index is 0.302. The predicted octanol–water partition coefficient (Wildman–Crippen LogP) is 3.27. The Hall–Kier alpha value is -1.39. The molecular weight excluding hydrogens is 254 g/mol. The molecule has 0 amide bonds. The first-order valence-electron chi connectivity index (χ1n) is 6.74. The lowest BCUT2D eigenvalue weighted by Crippen LogP contribution is -2.18. The summed E-state index contributed by atoms with van der Waals surface area (Å²) in [4.78, 5) is 5.71. The molecule has 0 saturated heterocycles. The van der Waals surface area contributed by atoms with E-state index in [0.717, 1.165) is 24.5 Å². The number of aromatic nitrogens is 1. The van der Waals surface area contributed by atoms with E-state index in [4.69, 9.17) is 0 Å². The fourth-order valence-corrected chi connectivity index (χ4v) is 3.28. The molecule has 100 valence electrons. The fourth-order valence-electron chi connectivity index (χ4n) is 2.48. The van der Waals surface area contributed by atoms with Gasteiger partial charge in [0.1, 0.15) is 5.01 Å². The van der Waals surface area contributed by atoms with E-state index in [1.165, 1.54) is 21.7 Å². The summed E-state index contributed by atoms with van der Waals surface area (Å²) in [5.41, 5.74) is 4.13. The van der Waals surface area contributed by atoms with Crippen LogP contribution < -0.4 is 10.6 Å². The SMILES string of the molecule is Cc1cnc(C(C)NCc2cccc3c2NCC3)s1. The predicted molar refractivity (Wildman–Crippen MR) is 80.7 cm³/mol. The van der Waals surface area contributed by atoms with Crippen molar-refractivity contribution in [3.8, 4) is 0 Å². The Morgan fingerprint density at radius 3 is 3.16 bits per heavy atom. The van der Waals surface area contributed by atoms with Gasteiger partial charge >= 0.3 is 0 Å². The zero-order valence-corrected chi connectivity index (χ0v) is 12.2. The molecule has 19 heavy (non-hydrogen) atoms. The molecule has 0 radical (unpaired) electrons. The highest BCUT2D eigenvalue weighted by Gasteiger charge is 2.15. The Balaban J connectivity index is 1.68. The van der Waals surface area contributed by atoms with E-state index in [1.54, 1.807) is 11.3 Å². The van der Waals surface area contributed by atoms with E-state index in [1.807, 2.05) is 6.20 Å². The number of benzene rings is 1.